The van der Waals surface area contributed by atoms with Gasteiger partial charge in [0.2, 0.25) is 5.88 Å². The smallest absolute Gasteiger partial charge is 0.219 e. The van der Waals surface area contributed by atoms with E-state index in [9.17, 15) is 8.42 Å². The van der Waals surface area contributed by atoms with Crippen LogP contribution in [0, 0.1) is 0 Å². The molecule has 0 radical (unpaired) electrons. The second kappa shape index (κ2) is 5.56. The van der Waals surface area contributed by atoms with E-state index in [1.165, 1.54) is 18.3 Å². The molecule has 20 heavy (non-hydrogen) atoms. The summed E-state index contributed by atoms with van der Waals surface area (Å²) in [5.74, 6) is 0.721. The van der Waals surface area contributed by atoms with Gasteiger partial charge < -0.3 is 10.5 Å². The highest BCUT2D eigenvalue weighted by atomic mass is 32.2. The normalized spacial score (nSPS) is 11.1. The maximum absolute atomic E-state index is 11.5. The third-order valence-corrected chi connectivity index (χ3v) is 3.82. The number of nitrogens with two attached hydrogens (primary N) is 1. The molecule has 0 fully saturated rings. The third-order valence-electron chi connectivity index (χ3n) is 2.48. The highest BCUT2D eigenvalue weighted by Gasteiger charge is 2.08. The average molecular weight is 308 g/mol. The van der Waals surface area contributed by atoms with Crippen LogP contribution in [0.2, 0.25) is 0 Å². The van der Waals surface area contributed by atoms with Gasteiger partial charge in [-0.1, -0.05) is 18.3 Å². The average Bonchev–Trinajstić information content (AvgIpc) is 2.38. The summed E-state index contributed by atoms with van der Waals surface area (Å²) in [6, 6.07) is 9.50. The summed E-state index contributed by atoms with van der Waals surface area (Å²) in [6.07, 6.45) is 2.64. The fourth-order valence-electron chi connectivity index (χ4n) is 1.48. The van der Waals surface area contributed by atoms with Crippen LogP contribution in [0.4, 0.5) is 0 Å². The first-order valence-corrected chi connectivity index (χ1v) is 7.90. The fourth-order valence-corrected chi connectivity index (χ4v) is 2.25. The quantitative estimate of drug-likeness (QED) is 0.869. The number of benzene rings is 1. The van der Waals surface area contributed by atoms with Crippen LogP contribution < -0.4 is 10.5 Å². The monoisotopic (exact) mass is 308 g/mol. The van der Waals surface area contributed by atoms with Gasteiger partial charge in [0.15, 0.2) is 9.84 Å². The lowest BCUT2D eigenvalue weighted by atomic mass is 10.3. The standard InChI is InChI=1S/C13H12N2O3S2/c1-20(16,17)11-4-2-3-10(7-11)18-12-6-5-9(8-15-12)13(14)19/h2-8H,1H3,(H2,14,19). The molecule has 0 atom stereocenters. The molecule has 0 aliphatic rings. The zero-order chi connectivity index (χ0) is 14.8. The topological polar surface area (TPSA) is 82.3 Å². The van der Waals surface area contributed by atoms with Crippen LogP contribution in [-0.4, -0.2) is 24.6 Å². The molecule has 0 aliphatic carbocycles. The zero-order valence-corrected chi connectivity index (χ0v) is 12.2. The number of thiocarbonyl (C=S) groups is 1. The Morgan fingerprint density at radius 3 is 2.60 bits per heavy atom. The molecule has 1 heterocycles. The molecule has 2 N–H and O–H groups in total. The Labute approximate surface area is 122 Å². The van der Waals surface area contributed by atoms with Gasteiger partial charge in [-0.3, -0.25) is 0 Å². The molecule has 1 aromatic carbocycles. The summed E-state index contributed by atoms with van der Waals surface area (Å²) in [5.41, 5.74) is 6.10. The molecule has 0 aliphatic heterocycles. The zero-order valence-electron chi connectivity index (χ0n) is 10.6. The molecule has 104 valence electrons. The number of pyridine rings is 1. The van der Waals surface area contributed by atoms with Crippen molar-refractivity contribution in [3.05, 3.63) is 48.2 Å². The number of rotatable bonds is 4. The first-order valence-electron chi connectivity index (χ1n) is 5.60. The Balaban J connectivity index is 2.24. The molecule has 2 rings (SSSR count). The van der Waals surface area contributed by atoms with Crippen LogP contribution in [-0.2, 0) is 9.84 Å². The molecule has 0 spiro atoms. The number of sulfone groups is 1. The number of hydrogen-bond acceptors (Lipinski definition) is 5. The van der Waals surface area contributed by atoms with E-state index in [-0.39, 0.29) is 9.88 Å². The minimum atomic E-state index is -3.27. The van der Waals surface area contributed by atoms with E-state index < -0.39 is 9.84 Å². The maximum Gasteiger partial charge on any atom is 0.219 e. The van der Waals surface area contributed by atoms with Crippen molar-refractivity contribution < 1.29 is 13.2 Å². The summed E-state index contributed by atoms with van der Waals surface area (Å²) in [4.78, 5) is 4.49. The van der Waals surface area contributed by atoms with Crippen molar-refractivity contribution in [1.82, 2.24) is 4.98 Å². The number of nitrogens with zero attached hydrogens (tertiary/aromatic N) is 1. The lowest BCUT2D eigenvalue weighted by molar-refractivity contribution is 0.461. The summed E-state index contributed by atoms with van der Waals surface area (Å²) in [7, 11) is -3.27. The van der Waals surface area contributed by atoms with Gasteiger partial charge in [-0.25, -0.2) is 13.4 Å². The molecule has 0 saturated heterocycles. The van der Waals surface area contributed by atoms with Crippen molar-refractivity contribution in [2.75, 3.05) is 6.26 Å². The summed E-state index contributed by atoms with van der Waals surface area (Å²) < 4.78 is 28.4. The minimum absolute atomic E-state index is 0.190. The predicted octanol–water partition coefficient (Wildman–Crippen LogP) is 1.91. The van der Waals surface area contributed by atoms with Crippen molar-refractivity contribution >= 4 is 27.0 Å². The lowest BCUT2D eigenvalue weighted by Crippen LogP contribution is -2.09. The molecule has 1 aromatic heterocycles. The van der Waals surface area contributed by atoms with E-state index in [1.807, 2.05) is 0 Å². The molecular formula is C13H12N2O3S2. The van der Waals surface area contributed by atoms with Crippen LogP contribution in [0.5, 0.6) is 11.6 Å². The first-order chi connectivity index (χ1) is 9.36. The Hall–Kier alpha value is -1.99. The Bertz CT molecular complexity index is 740. The molecular weight excluding hydrogens is 296 g/mol. The van der Waals surface area contributed by atoms with Gasteiger partial charge in [0.25, 0.3) is 0 Å². The second-order valence-electron chi connectivity index (χ2n) is 4.10. The van der Waals surface area contributed by atoms with E-state index in [0.29, 0.717) is 17.2 Å². The van der Waals surface area contributed by atoms with Gasteiger partial charge in [0.05, 0.1) is 4.90 Å². The van der Waals surface area contributed by atoms with Gasteiger partial charge >= 0.3 is 0 Å². The summed E-state index contributed by atoms with van der Waals surface area (Å²) >= 11 is 4.82. The lowest BCUT2D eigenvalue weighted by Gasteiger charge is -2.06. The molecule has 0 amide bonds. The van der Waals surface area contributed by atoms with Gasteiger partial charge in [-0.15, -0.1) is 0 Å². The van der Waals surface area contributed by atoms with Gasteiger partial charge in [-0.2, -0.15) is 0 Å². The van der Waals surface area contributed by atoms with Crippen molar-refractivity contribution in [3.8, 4) is 11.6 Å². The molecule has 7 heteroatoms. The SMILES string of the molecule is CS(=O)(=O)c1cccc(Oc2ccc(C(N)=S)cn2)c1. The third kappa shape index (κ3) is 3.52. The van der Waals surface area contributed by atoms with E-state index in [2.05, 4.69) is 4.98 Å². The van der Waals surface area contributed by atoms with Crippen LogP contribution >= 0.6 is 12.2 Å². The summed E-state index contributed by atoms with van der Waals surface area (Å²) in [6.45, 7) is 0. The van der Waals surface area contributed by atoms with E-state index in [1.54, 1.807) is 24.3 Å². The van der Waals surface area contributed by atoms with Crippen LogP contribution in [0.3, 0.4) is 0 Å². The Kier molecular flexibility index (Phi) is 4.01. The number of ether oxygens (including phenoxy) is 1. The maximum atomic E-state index is 11.5. The van der Waals surface area contributed by atoms with Crippen LogP contribution in [0.1, 0.15) is 5.56 Å². The Morgan fingerprint density at radius 2 is 2.05 bits per heavy atom. The van der Waals surface area contributed by atoms with Crippen molar-refractivity contribution in [3.63, 3.8) is 0 Å². The Morgan fingerprint density at radius 1 is 1.30 bits per heavy atom. The highest BCUT2D eigenvalue weighted by Crippen LogP contribution is 2.22. The molecule has 0 bridgehead atoms. The minimum Gasteiger partial charge on any atom is -0.439 e. The van der Waals surface area contributed by atoms with Crippen LogP contribution in [0.25, 0.3) is 0 Å². The van der Waals surface area contributed by atoms with E-state index in [4.69, 9.17) is 22.7 Å². The van der Waals surface area contributed by atoms with Gasteiger partial charge in [0, 0.05) is 24.1 Å². The van der Waals surface area contributed by atoms with Gasteiger partial charge in [-0.05, 0) is 24.3 Å². The largest absolute Gasteiger partial charge is 0.439 e. The number of aromatic nitrogens is 1. The van der Waals surface area contributed by atoms with E-state index >= 15 is 0 Å². The van der Waals surface area contributed by atoms with Crippen molar-refractivity contribution in [2.24, 2.45) is 5.73 Å². The highest BCUT2D eigenvalue weighted by molar-refractivity contribution is 7.90. The van der Waals surface area contributed by atoms with Crippen LogP contribution in [0.15, 0.2) is 47.5 Å². The van der Waals surface area contributed by atoms with Crippen molar-refractivity contribution in [1.29, 1.82) is 0 Å². The molecule has 5 nitrogen and oxygen atoms in total. The molecule has 0 unspecified atom stereocenters. The first kappa shape index (κ1) is 14.4. The van der Waals surface area contributed by atoms with E-state index in [0.717, 1.165) is 6.26 Å². The number of hydrogen-bond donors (Lipinski definition) is 1. The molecule has 2 aromatic rings. The van der Waals surface area contributed by atoms with Crippen molar-refractivity contribution in [2.45, 2.75) is 4.90 Å². The fraction of sp³-hybridized carbons (Fsp3) is 0.0769. The second-order valence-corrected chi connectivity index (χ2v) is 6.55. The molecule has 0 saturated carbocycles. The predicted molar refractivity (Wildman–Crippen MR) is 79.8 cm³/mol. The van der Waals surface area contributed by atoms with Gasteiger partial charge in [0.1, 0.15) is 10.7 Å². The summed E-state index contributed by atoms with van der Waals surface area (Å²) in [5, 5.41) is 0.